The second-order valence-corrected chi connectivity index (χ2v) is 8.31. The monoisotopic (exact) mass is 417 g/mol. The van der Waals surface area contributed by atoms with Crippen molar-refractivity contribution in [1.82, 2.24) is 5.32 Å². The largest absolute Gasteiger partial charge is 0.444 e. The molecule has 0 saturated heterocycles. The SMILES string of the molecule is CCCc1cc(=O)oc2c(C)c(OC(=O)C(CCC)NC(=O)OC(C)(C)C)ccc12. The number of esters is 1. The van der Waals surface area contributed by atoms with Crippen molar-refractivity contribution in [3.8, 4) is 5.75 Å². The van der Waals surface area contributed by atoms with E-state index in [2.05, 4.69) is 5.32 Å². The van der Waals surface area contributed by atoms with Crippen LogP contribution in [-0.4, -0.2) is 23.7 Å². The standard InChI is InChI=1S/C23H31NO6/c1-7-9-15-13-19(25)29-20-14(3)18(12-11-16(15)20)28-21(26)17(10-8-2)24-22(27)30-23(4,5)6/h11-13,17H,7-10H2,1-6H3,(H,24,27). The summed E-state index contributed by atoms with van der Waals surface area (Å²) in [5, 5.41) is 3.40. The minimum absolute atomic E-state index is 0.288. The molecule has 2 aromatic rings. The first-order valence-electron chi connectivity index (χ1n) is 10.3. The lowest BCUT2D eigenvalue weighted by molar-refractivity contribution is -0.137. The van der Waals surface area contributed by atoms with Gasteiger partial charge in [0.2, 0.25) is 0 Å². The maximum absolute atomic E-state index is 12.7. The number of amides is 1. The van der Waals surface area contributed by atoms with Crippen LogP contribution in [0.25, 0.3) is 11.0 Å². The average Bonchev–Trinajstić information content (AvgIpc) is 2.62. The van der Waals surface area contributed by atoms with E-state index in [0.717, 1.165) is 23.8 Å². The molecule has 0 saturated carbocycles. The number of hydrogen-bond donors (Lipinski definition) is 1. The Hall–Kier alpha value is -2.83. The van der Waals surface area contributed by atoms with Crippen LogP contribution >= 0.6 is 0 Å². The first-order chi connectivity index (χ1) is 14.1. The van der Waals surface area contributed by atoms with E-state index in [0.29, 0.717) is 24.0 Å². The molecule has 1 heterocycles. The molecule has 0 fully saturated rings. The Balaban J connectivity index is 2.28. The van der Waals surface area contributed by atoms with E-state index >= 15 is 0 Å². The maximum Gasteiger partial charge on any atom is 0.408 e. The average molecular weight is 418 g/mol. The van der Waals surface area contributed by atoms with Crippen LogP contribution < -0.4 is 15.7 Å². The number of ether oxygens (including phenoxy) is 2. The lowest BCUT2D eigenvalue weighted by Crippen LogP contribution is -2.45. The summed E-state index contributed by atoms with van der Waals surface area (Å²) in [6, 6.07) is 4.12. The number of benzene rings is 1. The number of fused-ring (bicyclic) bond motifs is 1. The lowest BCUT2D eigenvalue weighted by atomic mass is 10.0. The van der Waals surface area contributed by atoms with Gasteiger partial charge in [0.05, 0.1) is 0 Å². The van der Waals surface area contributed by atoms with E-state index in [4.69, 9.17) is 13.9 Å². The number of nitrogens with one attached hydrogen (secondary N) is 1. The number of aryl methyl sites for hydroxylation is 2. The van der Waals surface area contributed by atoms with E-state index in [1.807, 2.05) is 13.8 Å². The third-order valence-corrected chi connectivity index (χ3v) is 4.48. The van der Waals surface area contributed by atoms with Crippen molar-refractivity contribution in [3.63, 3.8) is 0 Å². The van der Waals surface area contributed by atoms with Gasteiger partial charge in [-0.25, -0.2) is 14.4 Å². The highest BCUT2D eigenvalue weighted by molar-refractivity contribution is 5.87. The summed E-state index contributed by atoms with van der Waals surface area (Å²) >= 11 is 0. The summed E-state index contributed by atoms with van der Waals surface area (Å²) in [5.41, 5.74) is 0.757. The highest BCUT2D eigenvalue weighted by Gasteiger charge is 2.26. The first kappa shape index (κ1) is 23.4. The van der Waals surface area contributed by atoms with Crippen LogP contribution in [0.4, 0.5) is 4.79 Å². The van der Waals surface area contributed by atoms with Gasteiger partial charge in [0.15, 0.2) is 0 Å². The Kier molecular flexibility index (Phi) is 7.65. The zero-order valence-electron chi connectivity index (χ0n) is 18.6. The van der Waals surface area contributed by atoms with Crippen molar-refractivity contribution in [3.05, 3.63) is 39.7 Å². The zero-order chi connectivity index (χ0) is 22.5. The highest BCUT2D eigenvalue weighted by Crippen LogP contribution is 2.29. The quantitative estimate of drug-likeness (QED) is 0.400. The van der Waals surface area contributed by atoms with Crippen LogP contribution in [0.2, 0.25) is 0 Å². The Bertz CT molecular complexity index is 970. The number of rotatable bonds is 7. The second-order valence-electron chi connectivity index (χ2n) is 8.31. The number of alkyl carbamates (subject to hydrolysis) is 1. The molecule has 2 rings (SSSR count). The van der Waals surface area contributed by atoms with Crippen LogP contribution in [-0.2, 0) is 16.0 Å². The molecule has 0 aliphatic carbocycles. The molecule has 0 aliphatic rings. The Morgan fingerprint density at radius 1 is 1.17 bits per heavy atom. The molecule has 0 bridgehead atoms. The Morgan fingerprint density at radius 3 is 2.47 bits per heavy atom. The molecule has 1 atom stereocenters. The molecule has 1 N–H and O–H groups in total. The van der Waals surface area contributed by atoms with Gasteiger partial charge in [-0.1, -0.05) is 26.7 Å². The molecule has 164 valence electrons. The van der Waals surface area contributed by atoms with Crippen molar-refractivity contribution < 1.29 is 23.5 Å². The maximum atomic E-state index is 12.7. The minimum atomic E-state index is -0.849. The summed E-state index contributed by atoms with van der Waals surface area (Å²) in [5.74, 6) is -0.311. The van der Waals surface area contributed by atoms with E-state index in [9.17, 15) is 14.4 Å². The van der Waals surface area contributed by atoms with Gasteiger partial charge in [-0.05, 0) is 58.2 Å². The van der Waals surface area contributed by atoms with Gasteiger partial charge in [-0.3, -0.25) is 0 Å². The van der Waals surface area contributed by atoms with Crippen molar-refractivity contribution in [2.75, 3.05) is 0 Å². The summed E-state index contributed by atoms with van der Waals surface area (Å²) < 4.78 is 16.2. The van der Waals surface area contributed by atoms with Crippen molar-refractivity contribution in [1.29, 1.82) is 0 Å². The highest BCUT2D eigenvalue weighted by atomic mass is 16.6. The molecule has 0 spiro atoms. The van der Waals surface area contributed by atoms with Gasteiger partial charge >= 0.3 is 17.7 Å². The fourth-order valence-electron chi connectivity index (χ4n) is 3.16. The molecule has 7 nitrogen and oxygen atoms in total. The van der Waals surface area contributed by atoms with E-state index in [-0.39, 0.29) is 5.75 Å². The van der Waals surface area contributed by atoms with Crippen molar-refractivity contribution in [2.24, 2.45) is 0 Å². The minimum Gasteiger partial charge on any atom is -0.444 e. The normalized spacial score (nSPS) is 12.5. The summed E-state index contributed by atoms with van der Waals surface area (Å²) in [6.45, 7) is 10.9. The summed E-state index contributed by atoms with van der Waals surface area (Å²) in [6.07, 6.45) is 2.04. The fourth-order valence-corrected chi connectivity index (χ4v) is 3.16. The first-order valence-corrected chi connectivity index (χ1v) is 10.3. The molecular weight excluding hydrogens is 386 g/mol. The molecular formula is C23H31NO6. The summed E-state index contributed by atoms with van der Waals surface area (Å²) in [4.78, 5) is 36.8. The van der Waals surface area contributed by atoms with E-state index in [1.165, 1.54) is 6.07 Å². The smallest absolute Gasteiger partial charge is 0.408 e. The Labute approximate surface area is 176 Å². The Morgan fingerprint density at radius 2 is 1.87 bits per heavy atom. The third-order valence-electron chi connectivity index (χ3n) is 4.48. The van der Waals surface area contributed by atoms with Crippen molar-refractivity contribution in [2.45, 2.75) is 78.9 Å². The molecule has 1 unspecified atom stereocenters. The molecule has 1 aromatic heterocycles. The van der Waals surface area contributed by atoms with E-state index in [1.54, 1.807) is 39.8 Å². The molecule has 0 radical (unpaired) electrons. The van der Waals surface area contributed by atoms with Crippen LogP contribution in [0.5, 0.6) is 5.75 Å². The van der Waals surface area contributed by atoms with Gasteiger partial charge in [0, 0.05) is 17.0 Å². The van der Waals surface area contributed by atoms with Gasteiger partial charge in [-0.15, -0.1) is 0 Å². The topological polar surface area (TPSA) is 94.8 Å². The molecule has 1 aromatic carbocycles. The van der Waals surface area contributed by atoms with Gasteiger partial charge in [0.1, 0.15) is 23.0 Å². The van der Waals surface area contributed by atoms with Gasteiger partial charge in [-0.2, -0.15) is 0 Å². The van der Waals surface area contributed by atoms with Crippen LogP contribution in [0.3, 0.4) is 0 Å². The van der Waals surface area contributed by atoms with Crippen LogP contribution in [0, 0.1) is 6.92 Å². The second kappa shape index (κ2) is 9.78. The van der Waals surface area contributed by atoms with Crippen LogP contribution in [0.1, 0.15) is 65.0 Å². The lowest BCUT2D eigenvalue weighted by Gasteiger charge is -2.23. The number of hydrogen-bond acceptors (Lipinski definition) is 6. The van der Waals surface area contributed by atoms with Gasteiger partial charge in [0.25, 0.3) is 0 Å². The molecule has 0 aliphatic heterocycles. The van der Waals surface area contributed by atoms with Gasteiger partial charge < -0.3 is 19.2 Å². The third kappa shape index (κ3) is 6.08. The number of carbonyl (C=O) groups is 2. The zero-order valence-corrected chi connectivity index (χ0v) is 18.6. The molecule has 7 heteroatoms. The predicted molar refractivity (Wildman–Crippen MR) is 115 cm³/mol. The number of carbonyl (C=O) groups excluding carboxylic acids is 2. The molecule has 30 heavy (non-hydrogen) atoms. The predicted octanol–water partition coefficient (Wildman–Crippen LogP) is 4.65. The van der Waals surface area contributed by atoms with Crippen LogP contribution in [0.15, 0.2) is 27.4 Å². The van der Waals surface area contributed by atoms with E-state index < -0.39 is 29.3 Å². The van der Waals surface area contributed by atoms with Crippen molar-refractivity contribution >= 4 is 23.0 Å². The molecule has 1 amide bonds. The summed E-state index contributed by atoms with van der Waals surface area (Å²) in [7, 11) is 0. The fraction of sp³-hybridized carbons (Fsp3) is 0.522.